The number of thiazole rings is 1. The van der Waals surface area contributed by atoms with Crippen LogP contribution in [0.5, 0.6) is 11.5 Å². The number of carbonyl (C=O) groups excluding carboxylic acids is 2. The Hall–Kier alpha value is -4.17. The molecule has 0 radical (unpaired) electrons. The molecule has 2 atom stereocenters. The first kappa shape index (κ1) is 24.2. The van der Waals surface area contributed by atoms with E-state index in [2.05, 4.69) is 11.9 Å². The first-order valence-corrected chi connectivity index (χ1v) is 13.3. The molecule has 2 aliphatic heterocycles. The molecule has 0 bridgehead atoms. The second-order valence-electron chi connectivity index (χ2n) is 9.55. The van der Waals surface area contributed by atoms with Gasteiger partial charge >= 0.3 is 5.91 Å². The summed E-state index contributed by atoms with van der Waals surface area (Å²) in [6.45, 7) is 4.05. The van der Waals surface area contributed by atoms with Crippen LogP contribution in [0.1, 0.15) is 42.1 Å². The zero-order valence-corrected chi connectivity index (χ0v) is 22.0. The van der Waals surface area contributed by atoms with E-state index in [4.69, 9.17) is 9.47 Å². The van der Waals surface area contributed by atoms with E-state index in [1.807, 2.05) is 49.4 Å². The monoisotopic (exact) mass is 526 g/mol. The summed E-state index contributed by atoms with van der Waals surface area (Å²) in [5.74, 6) is -0.225. The van der Waals surface area contributed by atoms with E-state index in [0.29, 0.717) is 28.4 Å². The third-order valence-corrected chi connectivity index (χ3v) is 8.13. The van der Waals surface area contributed by atoms with E-state index < -0.39 is 17.7 Å². The molecule has 0 aliphatic carbocycles. The van der Waals surface area contributed by atoms with E-state index >= 15 is 0 Å². The number of anilines is 1. The summed E-state index contributed by atoms with van der Waals surface area (Å²) >= 11 is 1.30. The summed E-state index contributed by atoms with van der Waals surface area (Å²) in [7, 11) is 1.59. The van der Waals surface area contributed by atoms with Gasteiger partial charge in [0.15, 0.2) is 5.13 Å². The Balaban J connectivity index is 1.52. The smallest absolute Gasteiger partial charge is 0.301 e. The second kappa shape index (κ2) is 9.29. The van der Waals surface area contributed by atoms with Crippen LogP contribution in [0.15, 0.2) is 66.2 Å². The molecule has 0 spiro atoms. The Bertz CT molecular complexity index is 1620. The van der Waals surface area contributed by atoms with Crippen molar-refractivity contribution in [1.29, 1.82) is 0 Å². The van der Waals surface area contributed by atoms with Crippen LogP contribution < -0.4 is 14.4 Å². The number of aryl methyl sites for hydroxylation is 1. The maximum atomic E-state index is 13.5. The fraction of sp³-hybridized carbons (Fsp3) is 0.233. The van der Waals surface area contributed by atoms with Gasteiger partial charge < -0.3 is 14.6 Å². The standard InChI is InChI=1S/C30H26N2O5S/c1-4-17-5-7-18(8-6-17)26-25(27(33)19-9-12-23-20(14-19)13-16(2)37-23)28(34)29(35)32(26)30-31-22-11-10-21(36-3)15-24(22)38-30/h5-12,14-16,26,33H,4,13H2,1-3H3/b27-25+/t16-,26+/m1/s1. The first-order valence-electron chi connectivity index (χ1n) is 12.5. The van der Waals surface area contributed by atoms with Crippen molar-refractivity contribution in [1.82, 2.24) is 4.98 Å². The van der Waals surface area contributed by atoms with Crippen LogP contribution in [0, 0.1) is 0 Å². The Morgan fingerprint density at radius 2 is 1.92 bits per heavy atom. The number of fused-ring (bicyclic) bond motifs is 2. The minimum absolute atomic E-state index is 0.0442. The lowest BCUT2D eigenvalue weighted by molar-refractivity contribution is -0.132. The number of amides is 1. The van der Waals surface area contributed by atoms with Gasteiger partial charge in [-0.15, -0.1) is 0 Å². The van der Waals surface area contributed by atoms with E-state index in [1.54, 1.807) is 25.3 Å². The summed E-state index contributed by atoms with van der Waals surface area (Å²) in [5, 5.41) is 11.9. The molecule has 3 heterocycles. The highest BCUT2D eigenvalue weighted by Crippen LogP contribution is 2.45. The molecule has 8 heteroatoms. The van der Waals surface area contributed by atoms with Gasteiger partial charge in [-0.25, -0.2) is 4.98 Å². The molecule has 3 aromatic carbocycles. The molecule has 1 amide bonds. The lowest BCUT2D eigenvalue weighted by atomic mass is 9.94. The summed E-state index contributed by atoms with van der Waals surface area (Å²) in [4.78, 5) is 33.2. The van der Waals surface area contributed by atoms with Gasteiger partial charge in [-0.2, -0.15) is 0 Å². The van der Waals surface area contributed by atoms with Gasteiger partial charge in [0.1, 0.15) is 23.4 Å². The topological polar surface area (TPSA) is 89.0 Å². The largest absolute Gasteiger partial charge is 0.507 e. The molecule has 0 unspecified atom stereocenters. The van der Waals surface area contributed by atoms with Gasteiger partial charge in [0.05, 0.1) is 28.9 Å². The zero-order chi connectivity index (χ0) is 26.6. The molecule has 1 aromatic heterocycles. The van der Waals surface area contributed by atoms with Gasteiger partial charge in [0.2, 0.25) is 0 Å². The molecule has 4 aromatic rings. The predicted molar refractivity (Wildman–Crippen MR) is 147 cm³/mol. The lowest BCUT2D eigenvalue weighted by Gasteiger charge is -2.23. The maximum Gasteiger partial charge on any atom is 0.301 e. The van der Waals surface area contributed by atoms with E-state index in [0.717, 1.165) is 33.6 Å². The molecule has 1 saturated heterocycles. The molecule has 38 heavy (non-hydrogen) atoms. The number of Topliss-reactive ketones (excluding diaryl/α,β-unsaturated/α-hetero) is 1. The number of ether oxygens (including phenoxy) is 2. The number of aliphatic hydroxyl groups is 1. The van der Waals surface area contributed by atoms with E-state index in [1.165, 1.54) is 16.2 Å². The van der Waals surface area contributed by atoms with Crippen molar-refractivity contribution >= 4 is 44.1 Å². The number of ketones is 1. The van der Waals surface area contributed by atoms with Gasteiger partial charge in [-0.3, -0.25) is 14.5 Å². The number of rotatable bonds is 5. The number of nitrogens with zero attached hydrogens (tertiary/aromatic N) is 2. The fourth-order valence-electron chi connectivity index (χ4n) is 5.13. The van der Waals surface area contributed by atoms with E-state index in [9.17, 15) is 14.7 Å². The SMILES string of the molecule is CCc1ccc([C@H]2/C(=C(\O)c3ccc4c(c3)C[C@@H](C)O4)C(=O)C(=O)N2c2nc3ccc(OC)cc3s2)cc1. The number of methoxy groups -OCH3 is 1. The maximum absolute atomic E-state index is 13.5. The third kappa shape index (κ3) is 3.92. The van der Waals surface area contributed by atoms with Crippen molar-refractivity contribution in [3.63, 3.8) is 0 Å². The molecule has 6 rings (SSSR count). The molecule has 1 N–H and O–H groups in total. The first-order chi connectivity index (χ1) is 18.4. The van der Waals surface area contributed by atoms with Crippen molar-refractivity contribution in [2.75, 3.05) is 12.0 Å². The van der Waals surface area contributed by atoms with Crippen LogP contribution in [0.3, 0.4) is 0 Å². The molecule has 1 fully saturated rings. The van der Waals surface area contributed by atoms with Crippen LogP contribution in [0.25, 0.3) is 16.0 Å². The van der Waals surface area contributed by atoms with Crippen molar-refractivity contribution in [2.45, 2.75) is 38.8 Å². The minimum Gasteiger partial charge on any atom is -0.507 e. The van der Waals surface area contributed by atoms with Gasteiger partial charge in [0.25, 0.3) is 5.78 Å². The van der Waals surface area contributed by atoms with Crippen LogP contribution in [-0.2, 0) is 22.4 Å². The number of aliphatic hydroxyl groups excluding tert-OH is 1. The highest BCUT2D eigenvalue weighted by atomic mass is 32.1. The normalized spacial score (nSPS) is 20.1. The highest BCUT2D eigenvalue weighted by molar-refractivity contribution is 7.22. The minimum atomic E-state index is -0.827. The van der Waals surface area contributed by atoms with Crippen molar-refractivity contribution < 1.29 is 24.2 Å². The Morgan fingerprint density at radius 3 is 2.66 bits per heavy atom. The van der Waals surface area contributed by atoms with Crippen LogP contribution in [-0.4, -0.2) is 35.0 Å². The van der Waals surface area contributed by atoms with Gasteiger partial charge in [0, 0.05) is 12.0 Å². The number of aromatic nitrogens is 1. The van der Waals surface area contributed by atoms with Crippen molar-refractivity contribution in [3.05, 3.63) is 88.5 Å². The van der Waals surface area contributed by atoms with Crippen molar-refractivity contribution in [3.8, 4) is 11.5 Å². The summed E-state index contributed by atoms with van der Waals surface area (Å²) in [6.07, 6.45) is 1.61. The molecular formula is C30H26N2O5S. The Morgan fingerprint density at radius 1 is 1.13 bits per heavy atom. The van der Waals surface area contributed by atoms with Crippen LogP contribution in [0.2, 0.25) is 0 Å². The van der Waals surface area contributed by atoms with Crippen molar-refractivity contribution in [2.24, 2.45) is 0 Å². The number of hydrogen-bond acceptors (Lipinski definition) is 7. The number of benzene rings is 3. The summed E-state index contributed by atoms with van der Waals surface area (Å²) in [5.41, 5.74) is 4.02. The average Bonchev–Trinajstić information content (AvgIpc) is 3.60. The number of hydrogen-bond donors (Lipinski definition) is 1. The van der Waals surface area contributed by atoms with Crippen LogP contribution >= 0.6 is 11.3 Å². The zero-order valence-electron chi connectivity index (χ0n) is 21.2. The summed E-state index contributed by atoms with van der Waals surface area (Å²) in [6, 6.07) is 17.8. The Labute approximate surface area is 224 Å². The van der Waals surface area contributed by atoms with Gasteiger partial charge in [-0.05, 0) is 66.4 Å². The highest BCUT2D eigenvalue weighted by Gasteiger charge is 2.48. The molecule has 2 aliphatic rings. The predicted octanol–water partition coefficient (Wildman–Crippen LogP) is 5.82. The molecule has 0 saturated carbocycles. The lowest BCUT2D eigenvalue weighted by Crippen LogP contribution is -2.29. The summed E-state index contributed by atoms with van der Waals surface area (Å²) < 4.78 is 12.0. The average molecular weight is 527 g/mol. The fourth-order valence-corrected chi connectivity index (χ4v) is 6.15. The quantitative estimate of drug-likeness (QED) is 0.200. The van der Waals surface area contributed by atoms with Crippen LogP contribution in [0.4, 0.5) is 5.13 Å². The Kier molecular flexibility index (Phi) is 5.91. The van der Waals surface area contributed by atoms with Gasteiger partial charge in [-0.1, -0.05) is 42.5 Å². The number of carbonyl (C=O) groups is 2. The molecule has 7 nitrogen and oxygen atoms in total. The third-order valence-electron chi connectivity index (χ3n) is 7.11. The van der Waals surface area contributed by atoms with E-state index in [-0.39, 0.29) is 17.4 Å². The molecular weight excluding hydrogens is 500 g/mol. The molecule has 192 valence electrons. The second-order valence-corrected chi connectivity index (χ2v) is 10.6.